The molecule has 0 spiro atoms. The molecule has 1 heterocycles. The van der Waals surface area contributed by atoms with E-state index in [1.807, 2.05) is 0 Å². The second-order valence-electron chi connectivity index (χ2n) is 6.46. The van der Waals surface area contributed by atoms with Crippen molar-refractivity contribution in [2.75, 3.05) is 0 Å². The Kier molecular flexibility index (Phi) is 7.04. The van der Waals surface area contributed by atoms with Crippen LogP contribution in [0, 0.1) is 0 Å². The molecule has 0 aliphatic carbocycles. The number of hydrazone groups is 1. The van der Waals surface area contributed by atoms with Crippen LogP contribution in [0.2, 0.25) is 5.02 Å². The maximum atomic E-state index is 12.4. The number of amides is 1. The quantitative estimate of drug-likeness (QED) is 0.409. The van der Waals surface area contributed by atoms with Crippen LogP contribution in [0.3, 0.4) is 0 Å². The second kappa shape index (κ2) is 9.71. The smallest absolute Gasteiger partial charge is 0.244 e. The zero-order valence-electron chi connectivity index (χ0n) is 16.1. The van der Waals surface area contributed by atoms with Crippen molar-refractivity contribution in [2.45, 2.75) is 24.8 Å². The summed E-state index contributed by atoms with van der Waals surface area (Å²) in [7, 11) is -3.67. The number of halogens is 1. The lowest BCUT2D eigenvalue weighted by atomic mass is 10.1. The average molecular weight is 446 g/mol. The van der Waals surface area contributed by atoms with Crippen molar-refractivity contribution in [1.82, 2.24) is 10.1 Å². The van der Waals surface area contributed by atoms with Crippen LogP contribution in [-0.4, -0.2) is 20.0 Å². The minimum Gasteiger partial charge on any atom is -0.468 e. The number of furan rings is 1. The van der Waals surface area contributed by atoms with Crippen LogP contribution < -0.4 is 10.1 Å². The highest BCUT2D eigenvalue weighted by Crippen LogP contribution is 2.13. The monoisotopic (exact) mass is 445 g/mol. The van der Waals surface area contributed by atoms with E-state index < -0.39 is 10.0 Å². The summed E-state index contributed by atoms with van der Waals surface area (Å²) in [6.45, 7) is 1.79. The molecule has 0 unspecified atom stereocenters. The van der Waals surface area contributed by atoms with Gasteiger partial charge in [0.2, 0.25) is 15.9 Å². The van der Waals surface area contributed by atoms with E-state index in [1.54, 1.807) is 55.5 Å². The lowest BCUT2D eigenvalue weighted by Gasteiger charge is -2.07. The molecule has 2 N–H and O–H groups in total. The van der Waals surface area contributed by atoms with Gasteiger partial charge in [0.25, 0.3) is 0 Å². The standard InChI is InChI=1S/C21H20ClN3O4S/c1-15(24-25-21(26)13-16-4-8-18(22)9-5-16)17-6-10-20(11-7-17)30(27,28)23-14-19-3-2-12-29-19/h2-12,23H,13-14H2,1H3,(H,25,26)/b24-15+. The van der Waals surface area contributed by atoms with Gasteiger partial charge in [-0.3, -0.25) is 4.79 Å². The Labute approximate surface area is 179 Å². The minimum atomic E-state index is -3.67. The van der Waals surface area contributed by atoms with Crippen LogP contribution in [0.4, 0.5) is 0 Å². The molecule has 3 rings (SSSR count). The number of nitrogens with zero attached hydrogens (tertiary/aromatic N) is 1. The fourth-order valence-electron chi connectivity index (χ4n) is 2.58. The lowest BCUT2D eigenvalue weighted by Crippen LogP contribution is -2.23. The number of hydrogen-bond acceptors (Lipinski definition) is 5. The maximum absolute atomic E-state index is 12.4. The number of sulfonamides is 1. The number of carbonyl (C=O) groups excluding carboxylic acids is 1. The molecule has 0 saturated carbocycles. The topological polar surface area (TPSA) is 101 Å². The summed E-state index contributed by atoms with van der Waals surface area (Å²) in [6, 6.07) is 16.6. The Bertz CT molecular complexity index is 1120. The third-order valence-corrected chi connectivity index (χ3v) is 5.89. The minimum absolute atomic E-state index is 0.0667. The number of rotatable bonds is 8. The van der Waals surface area contributed by atoms with Crippen LogP contribution in [0.1, 0.15) is 23.8 Å². The molecule has 156 valence electrons. The van der Waals surface area contributed by atoms with E-state index in [0.29, 0.717) is 22.1 Å². The Balaban J connectivity index is 1.58. The summed E-state index contributed by atoms with van der Waals surface area (Å²) in [5.74, 6) is 0.255. The van der Waals surface area contributed by atoms with Crippen molar-refractivity contribution in [3.8, 4) is 0 Å². The summed E-state index contributed by atoms with van der Waals surface area (Å²) in [5, 5.41) is 4.69. The van der Waals surface area contributed by atoms with E-state index in [9.17, 15) is 13.2 Å². The van der Waals surface area contributed by atoms with E-state index in [2.05, 4.69) is 15.2 Å². The van der Waals surface area contributed by atoms with Crippen LogP contribution in [-0.2, 0) is 27.8 Å². The zero-order valence-corrected chi connectivity index (χ0v) is 17.7. The molecule has 7 nitrogen and oxygen atoms in total. The van der Waals surface area contributed by atoms with Crippen molar-refractivity contribution in [1.29, 1.82) is 0 Å². The van der Waals surface area contributed by atoms with Gasteiger partial charge in [-0.15, -0.1) is 0 Å². The van der Waals surface area contributed by atoms with Gasteiger partial charge in [-0.2, -0.15) is 5.10 Å². The molecule has 30 heavy (non-hydrogen) atoms. The number of hydrogen-bond donors (Lipinski definition) is 2. The summed E-state index contributed by atoms with van der Waals surface area (Å²) in [6.07, 6.45) is 1.65. The van der Waals surface area contributed by atoms with Crippen LogP contribution >= 0.6 is 11.6 Å². The van der Waals surface area contributed by atoms with Gasteiger partial charge in [0, 0.05) is 5.02 Å². The van der Waals surface area contributed by atoms with Crippen LogP contribution in [0.5, 0.6) is 0 Å². The van der Waals surface area contributed by atoms with E-state index in [0.717, 1.165) is 5.56 Å². The molecular weight excluding hydrogens is 426 g/mol. The molecule has 0 radical (unpaired) electrons. The molecule has 2 aromatic carbocycles. The van der Waals surface area contributed by atoms with Gasteiger partial charge in [-0.25, -0.2) is 18.6 Å². The fourth-order valence-corrected chi connectivity index (χ4v) is 3.70. The highest BCUT2D eigenvalue weighted by atomic mass is 35.5. The summed E-state index contributed by atoms with van der Waals surface area (Å²) < 4.78 is 32.3. The van der Waals surface area contributed by atoms with Crippen molar-refractivity contribution in [3.63, 3.8) is 0 Å². The van der Waals surface area contributed by atoms with Crippen molar-refractivity contribution in [2.24, 2.45) is 5.10 Å². The van der Waals surface area contributed by atoms with Gasteiger partial charge in [-0.05, 0) is 54.4 Å². The average Bonchev–Trinajstić information content (AvgIpc) is 3.26. The van der Waals surface area contributed by atoms with Gasteiger partial charge >= 0.3 is 0 Å². The summed E-state index contributed by atoms with van der Waals surface area (Å²) in [4.78, 5) is 12.2. The van der Waals surface area contributed by atoms with Gasteiger partial charge in [0.05, 0.1) is 29.8 Å². The molecule has 1 amide bonds. The third kappa shape index (κ3) is 6.03. The molecule has 0 bridgehead atoms. The normalized spacial score (nSPS) is 12.0. The first kappa shape index (κ1) is 21.8. The van der Waals surface area contributed by atoms with Gasteiger partial charge in [0.15, 0.2) is 0 Å². The first-order valence-corrected chi connectivity index (χ1v) is 10.9. The molecule has 0 aliphatic heterocycles. The molecule has 0 saturated heterocycles. The van der Waals surface area contributed by atoms with Crippen molar-refractivity contribution >= 4 is 33.2 Å². The van der Waals surface area contributed by atoms with E-state index in [-0.39, 0.29) is 23.8 Å². The second-order valence-corrected chi connectivity index (χ2v) is 8.67. The highest BCUT2D eigenvalue weighted by molar-refractivity contribution is 7.89. The Morgan fingerprint density at radius 2 is 1.77 bits per heavy atom. The fraction of sp³-hybridized carbons (Fsp3) is 0.143. The van der Waals surface area contributed by atoms with E-state index in [4.69, 9.17) is 16.0 Å². The van der Waals surface area contributed by atoms with Gasteiger partial charge in [-0.1, -0.05) is 35.9 Å². The predicted molar refractivity (Wildman–Crippen MR) is 115 cm³/mol. The summed E-state index contributed by atoms with van der Waals surface area (Å²) in [5.41, 5.74) is 4.56. The highest BCUT2D eigenvalue weighted by Gasteiger charge is 2.14. The van der Waals surface area contributed by atoms with Gasteiger partial charge < -0.3 is 4.42 Å². The number of nitrogens with one attached hydrogen (secondary N) is 2. The van der Waals surface area contributed by atoms with E-state index >= 15 is 0 Å². The van der Waals surface area contributed by atoms with Crippen LogP contribution in [0.15, 0.2) is 81.3 Å². The molecule has 1 aromatic heterocycles. The van der Waals surface area contributed by atoms with E-state index in [1.165, 1.54) is 18.4 Å². The first-order valence-electron chi connectivity index (χ1n) is 9.03. The molecule has 9 heteroatoms. The first-order chi connectivity index (χ1) is 14.3. The number of benzene rings is 2. The lowest BCUT2D eigenvalue weighted by molar-refractivity contribution is -0.120. The number of carbonyl (C=O) groups is 1. The Morgan fingerprint density at radius 1 is 1.07 bits per heavy atom. The van der Waals surface area contributed by atoms with Crippen molar-refractivity contribution in [3.05, 3.63) is 88.8 Å². The zero-order chi connectivity index (χ0) is 21.6. The molecule has 0 fully saturated rings. The maximum Gasteiger partial charge on any atom is 0.244 e. The molecular formula is C21H20ClN3O4S. The van der Waals surface area contributed by atoms with Crippen molar-refractivity contribution < 1.29 is 17.6 Å². The predicted octanol–water partition coefficient (Wildman–Crippen LogP) is 3.49. The Morgan fingerprint density at radius 3 is 2.40 bits per heavy atom. The van der Waals surface area contributed by atoms with Gasteiger partial charge in [0.1, 0.15) is 5.76 Å². The Hall–Kier alpha value is -2.94. The molecule has 0 aliphatic rings. The summed E-state index contributed by atoms with van der Waals surface area (Å²) >= 11 is 5.83. The molecule has 0 atom stereocenters. The molecule has 3 aromatic rings. The SMILES string of the molecule is C/C(=N\NC(=O)Cc1ccc(Cl)cc1)c1ccc(S(=O)(=O)NCc2ccco2)cc1. The third-order valence-electron chi connectivity index (χ3n) is 4.23. The van der Waals surface area contributed by atoms with Crippen LogP contribution in [0.25, 0.3) is 0 Å². The largest absolute Gasteiger partial charge is 0.468 e.